The monoisotopic (exact) mass is 350 g/mol. The van der Waals surface area contributed by atoms with E-state index in [1.165, 1.54) is 6.92 Å². The number of carboxylic acids is 1. The standard InChI is InChI=1S/C16H17NO4S2/c1-3-8-21-12-6-4-11(5-7-12)9-13-14(18)17(16(22)23-13)10(2)15(19)20/h4-7,9-10H,3,8H2,1-2H3,(H,19,20)/p-1. The van der Waals surface area contributed by atoms with Crippen LogP contribution in [0.2, 0.25) is 0 Å². The molecule has 0 saturated carbocycles. The van der Waals surface area contributed by atoms with Crippen molar-refractivity contribution in [3.8, 4) is 5.75 Å². The third-order valence-electron chi connectivity index (χ3n) is 3.20. The number of ether oxygens (including phenoxy) is 1. The molecule has 1 aromatic rings. The van der Waals surface area contributed by atoms with E-state index in [0.29, 0.717) is 11.5 Å². The van der Waals surface area contributed by atoms with E-state index in [1.807, 2.05) is 31.2 Å². The molecule has 1 aliphatic rings. The molecule has 1 atom stereocenters. The number of carboxylic acid groups (broad SMARTS) is 1. The van der Waals surface area contributed by atoms with Gasteiger partial charge in [0.2, 0.25) is 0 Å². The zero-order chi connectivity index (χ0) is 17.0. The van der Waals surface area contributed by atoms with Gasteiger partial charge in [0.15, 0.2) is 0 Å². The molecule has 1 amide bonds. The van der Waals surface area contributed by atoms with Crippen molar-refractivity contribution in [1.82, 2.24) is 4.90 Å². The molecule has 1 aliphatic heterocycles. The Hall–Kier alpha value is -1.86. The lowest BCUT2D eigenvalue weighted by atomic mass is 10.2. The van der Waals surface area contributed by atoms with E-state index in [0.717, 1.165) is 34.4 Å². The lowest BCUT2D eigenvalue weighted by Crippen LogP contribution is -2.48. The maximum atomic E-state index is 12.3. The van der Waals surface area contributed by atoms with Gasteiger partial charge < -0.3 is 14.6 Å². The second kappa shape index (κ2) is 7.61. The van der Waals surface area contributed by atoms with E-state index < -0.39 is 17.9 Å². The van der Waals surface area contributed by atoms with Gasteiger partial charge in [-0.2, -0.15) is 0 Å². The number of aliphatic carboxylic acids is 1. The molecule has 7 heteroatoms. The Morgan fingerprint density at radius 3 is 2.65 bits per heavy atom. The topological polar surface area (TPSA) is 69.7 Å². The SMILES string of the molecule is CCCOc1ccc(C=C2SC(=S)N(C(C)C(=O)[O-])C2=O)cc1. The highest BCUT2D eigenvalue weighted by Gasteiger charge is 2.35. The summed E-state index contributed by atoms with van der Waals surface area (Å²) in [5.74, 6) is -0.981. The van der Waals surface area contributed by atoms with Crippen LogP contribution in [0.4, 0.5) is 0 Å². The number of benzene rings is 1. The molecular weight excluding hydrogens is 334 g/mol. The summed E-state index contributed by atoms with van der Waals surface area (Å²) in [5, 5.41) is 11.0. The molecule has 0 N–H and O–H groups in total. The van der Waals surface area contributed by atoms with Gasteiger partial charge in [0.05, 0.1) is 23.5 Å². The number of carbonyl (C=O) groups excluding carboxylic acids is 2. The fraction of sp³-hybridized carbons (Fsp3) is 0.312. The Labute approximate surface area is 144 Å². The smallest absolute Gasteiger partial charge is 0.266 e. The van der Waals surface area contributed by atoms with Gasteiger partial charge in [0.25, 0.3) is 5.91 Å². The molecule has 0 spiro atoms. The normalized spacial score (nSPS) is 17.7. The molecule has 1 unspecified atom stereocenters. The van der Waals surface area contributed by atoms with Crippen molar-refractivity contribution in [2.45, 2.75) is 26.3 Å². The Kier molecular flexibility index (Phi) is 5.79. The van der Waals surface area contributed by atoms with Crippen molar-refractivity contribution in [1.29, 1.82) is 0 Å². The molecule has 5 nitrogen and oxygen atoms in total. The van der Waals surface area contributed by atoms with Gasteiger partial charge >= 0.3 is 0 Å². The largest absolute Gasteiger partial charge is 0.548 e. The summed E-state index contributed by atoms with van der Waals surface area (Å²) in [6.45, 7) is 4.06. The first-order valence-electron chi connectivity index (χ1n) is 7.14. The van der Waals surface area contributed by atoms with Crippen molar-refractivity contribution in [2.75, 3.05) is 6.61 Å². The van der Waals surface area contributed by atoms with Crippen molar-refractivity contribution >= 4 is 46.3 Å². The number of nitrogens with zero attached hydrogens (tertiary/aromatic N) is 1. The second-order valence-corrected chi connectivity index (χ2v) is 6.64. The van der Waals surface area contributed by atoms with Gasteiger partial charge in [-0.05, 0) is 37.1 Å². The molecule has 1 fully saturated rings. The maximum absolute atomic E-state index is 12.3. The molecule has 0 radical (unpaired) electrons. The van der Waals surface area contributed by atoms with Crippen LogP contribution in [0.5, 0.6) is 5.75 Å². The van der Waals surface area contributed by atoms with E-state index in [2.05, 4.69) is 0 Å². The van der Waals surface area contributed by atoms with E-state index >= 15 is 0 Å². The summed E-state index contributed by atoms with van der Waals surface area (Å²) in [5.41, 5.74) is 0.815. The van der Waals surface area contributed by atoms with Crippen LogP contribution in [-0.4, -0.2) is 33.7 Å². The lowest BCUT2D eigenvalue weighted by Gasteiger charge is -2.23. The minimum Gasteiger partial charge on any atom is -0.548 e. The predicted molar refractivity (Wildman–Crippen MR) is 91.7 cm³/mol. The van der Waals surface area contributed by atoms with Crippen LogP contribution in [0.15, 0.2) is 29.2 Å². The van der Waals surface area contributed by atoms with Gasteiger partial charge in [-0.3, -0.25) is 9.69 Å². The summed E-state index contributed by atoms with van der Waals surface area (Å²) in [6.07, 6.45) is 2.62. The fourth-order valence-corrected chi connectivity index (χ4v) is 3.37. The van der Waals surface area contributed by atoms with Crippen LogP contribution >= 0.6 is 24.0 Å². The van der Waals surface area contributed by atoms with Crippen LogP contribution in [0.3, 0.4) is 0 Å². The van der Waals surface area contributed by atoms with Crippen LogP contribution < -0.4 is 9.84 Å². The van der Waals surface area contributed by atoms with Gasteiger partial charge in [0, 0.05) is 0 Å². The number of thioether (sulfide) groups is 1. The quantitative estimate of drug-likeness (QED) is 0.576. The summed E-state index contributed by atoms with van der Waals surface area (Å²) in [6, 6.07) is 6.23. The number of hydrogen-bond acceptors (Lipinski definition) is 6. The second-order valence-electron chi connectivity index (χ2n) is 4.96. The highest BCUT2D eigenvalue weighted by molar-refractivity contribution is 8.26. The first kappa shape index (κ1) is 17.5. The number of hydrogen-bond donors (Lipinski definition) is 0. The van der Waals surface area contributed by atoms with Crippen LogP contribution in [0.25, 0.3) is 6.08 Å². The number of carbonyl (C=O) groups is 2. The number of rotatable bonds is 6. The molecule has 0 aromatic heterocycles. The van der Waals surface area contributed by atoms with Crippen LogP contribution in [0, 0.1) is 0 Å². The zero-order valence-corrected chi connectivity index (χ0v) is 14.4. The average molecular weight is 350 g/mol. The van der Waals surface area contributed by atoms with Crippen molar-refractivity contribution in [3.05, 3.63) is 34.7 Å². The Balaban J connectivity index is 2.15. The third kappa shape index (κ3) is 4.11. The molecule has 1 saturated heterocycles. The first-order chi connectivity index (χ1) is 10.9. The van der Waals surface area contributed by atoms with Gasteiger partial charge in [0.1, 0.15) is 10.1 Å². The fourth-order valence-electron chi connectivity index (χ4n) is 1.95. The highest BCUT2D eigenvalue weighted by atomic mass is 32.2. The van der Waals surface area contributed by atoms with E-state index in [-0.39, 0.29) is 4.32 Å². The molecule has 0 bridgehead atoms. The van der Waals surface area contributed by atoms with E-state index in [4.69, 9.17) is 17.0 Å². The highest BCUT2D eigenvalue weighted by Crippen LogP contribution is 2.34. The Bertz CT molecular complexity index is 655. The molecule has 2 rings (SSSR count). The number of amides is 1. The summed E-state index contributed by atoms with van der Waals surface area (Å²) < 4.78 is 5.72. The Morgan fingerprint density at radius 1 is 1.43 bits per heavy atom. The van der Waals surface area contributed by atoms with Gasteiger partial charge in [-0.15, -0.1) is 0 Å². The zero-order valence-electron chi connectivity index (χ0n) is 12.8. The Morgan fingerprint density at radius 2 is 2.09 bits per heavy atom. The van der Waals surface area contributed by atoms with Crippen LogP contribution in [-0.2, 0) is 9.59 Å². The molecule has 23 heavy (non-hydrogen) atoms. The minimum absolute atomic E-state index is 0.223. The molecule has 122 valence electrons. The van der Waals surface area contributed by atoms with Gasteiger partial charge in [-0.1, -0.05) is 43.0 Å². The third-order valence-corrected chi connectivity index (χ3v) is 4.53. The summed E-state index contributed by atoms with van der Waals surface area (Å²) in [4.78, 5) is 24.7. The molecule has 0 aliphatic carbocycles. The van der Waals surface area contributed by atoms with Crippen LogP contribution in [0.1, 0.15) is 25.8 Å². The first-order valence-corrected chi connectivity index (χ1v) is 8.37. The predicted octanol–water partition coefficient (Wildman–Crippen LogP) is 1.81. The van der Waals surface area contributed by atoms with E-state index in [9.17, 15) is 14.7 Å². The summed E-state index contributed by atoms with van der Waals surface area (Å²) in [7, 11) is 0. The molecule has 1 heterocycles. The maximum Gasteiger partial charge on any atom is 0.266 e. The van der Waals surface area contributed by atoms with Gasteiger partial charge in [-0.25, -0.2) is 0 Å². The van der Waals surface area contributed by atoms with Crippen molar-refractivity contribution in [3.63, 3.8) is 0 Å². The van der Waals surface area contributed by atoms with E-state index in [1.54, 1.807) is 6.08 Å². The molecule has 1 aromatic carbocycles. The molecular formula is C16H16NO4S2-. The average Bonchev–Trinajstić information content (AvgIpc) is 2.80. The summed E-state index contributed by atoms with van der Waals surface area (Å²) >= 11 is 6.18. The lowest BCUT2D eigenvalue weighted by molar-refractivity contribution is -0.309. The van der Waals surface area contributed by atoms with Crippen molar-refractivity contribution < 1.29 is 19.4 Å². The van der Waals surface area contributed by atoms with Crippen molar-refractivity contribution in [2.24, 2.45) is 0 Å². The number of thiocarbonyl (C=S) groups is 1. The minimum atomic E-state index is -1.33.